The molecular formula is C21H24F3N3O4. The molecule has 0 amide bonds. The largest absolute Gasteiger partial charge is 0.494 e. The molecule has 2 heterocycles. The summed E-state index contributed by atoms with van der Waals surface area (Å²) in [6.07, 6.45) is 0.856. The number of aromatic carboxylic acids is 1. The fourth-order valence-corrected chi connectivity index (χ4v) is 4.28. The van der Waals surface area contributed by atoms with Crippen LogP contribution in [0.15, 0.2) is 16.9 Å². The predicted molar refractivity (Wildman–Crippen MR) is 109 cm³/mol. The van der Waals surface area contributed by atoms with E-state index < -0.39 is 41.5 Å². The van der Waals surface area contributed by atoms with Gasteiger partial charge < -0.3 is 24.6 Å². The van der Waals surface area contributed by atoms with Gasteiger partial charge in [0, 0.05) is 31.1 Å². The normalized spacial score (nSPS) is 21.1. The van der Waals surface area contributed by atoms with Crippen molar-refractivity contribution in [1.29, 1.82) is 0 Å². The number of nitrogens with one attached hydrogen (secondary N) is 1. The van der Waals surface area contributed by atoms with Crippen LogP contribution in [-0.4, -0.2) is 61.3 Å². The molecule has 1 saturated heterocycles. The van der Waals surface area contributed by atoms with Crippen LogP contribution >= 0.6 is 0 Å². The van der Waals surface area contributed by atoms with Gasteiger partial charge in [-0.15, -0.1) is 0 Å². The minimum atomic E-state index is -1.53. The molecule has 1 aliphatic carbocycles. The third kappa shape index (κ3) is 3.96. The fraction of sp³-hybridized carbons (Fsp3) is 0.524. The number of carboxylic acids is 1. The van der Waals surface area contributed by atoms with Crippen molar-refractivity contribution in [2.75, 3.05) is 38.3 Å². The summed E-state index contributed by atoms with van der Waals surface area (Å²) in [5.41, 5.74) is -1.46. The van der Waals surface area contributed by atoms with E-state index in [0.29, 0.717) is 12.6 Å². The highest BCUT2D eigenvalue weighted by Gasteiger charge is 2.38. The summed E-state index contributed by atoms with van der Waals surface area (Å²) in [5, 5.41) is 12.8. The summed E-state index contributed by atoms with van der Waals surface area (Å²) >= 11 is 0. The molecule has 1 saturated carbocycles. The van der Waals surface area contributed by atoms with E-state index in [0.717, 1.165) is 25.0 Å². The highest BCUT2D eigenvalue weighted by molar-refractivity contribution is 6.00. The molecule has 0 spiro atoms. The molecule has 168 valence electrons. The first-order valence-corrected chi connectivity index (χ1v) is 10.2. The van der Waals surface area contributed by atoms with Gasteiger partial charge in [0.1, 0.15) is 35.8 Å². The Bertz CT molecular complexity index is 1070. The van der Waals surface area contributed by atoms with Gasteiger partial charge in [-0.05, 0) is 18.9 Å². The highest BCUT2D eigenvalue weighted by atomic mass is 19.1. The molecule has 1 aliphatic heterocycles. The Morgan fingerprint density at radius 3 is 2.68 bits per heavy atom. The number of benzene rings is 1. The number of methoxy groups -OCH3 is 1. The van der Waals surface area contributed by atoms with Crippen LogP contribution in [0.3, 0.4) is 0 Å². The highest BCUT2D eigenvalue weighted by Crippen LogP contribution is 2.34. The first-order valence-electron chi connectivity index (χ1n) is 10.2. The Kier molecular flexibility index (Phi) is 5.83. The van der Waals surface area contributed by atoms with E-state index in [2.05, 4.69) is 5.32 Å². The van der Waals surface area contributed by atoms with E-state index in [4.69, 9.17) is 4.74 Å². The van der Waals surface area contributed by atoms with Crippen molar-refractivity contribution in [3.63, 3.8) is 0 Å². The number of carboxylic acid groups (broad SMARTS) is 1. The van der Waals surface area contributed by atoms with Gasteiger partial charge in [-0.25, -0.2) is 18.0 Å². The van der Waals surface area contributed by atoms with Crippen LogP contribution in [0, 0.1) is 11.7 Å². The van der Waals surface area contributed by atoms with Crippen molar-refractivity contribution in [3.8, 4) is 5.75 Å². The standard InChI is InChI=1S/C21H24F3N3O4/c1-31-16-7-12(23)6-14-18(16)27(5-4-22)20(17(19(14)28)21(29)30)26-9-11(15(24)10-26)8-25-13-2-3-13/h6-7,11,13,15,25H,2-5,8-10H2,1H3,(H,29,30)/t11-,15+/m0/s1. The molecule has 2 aromatic rings. The minimum Gasteiger partial charge on any atom is -0.494 e. The van der Waals surface area contributed by atoms with Crippen molar-refractivity contribution in [3.05, 3.63) is 33.7 Å². The van der Waals surface area contributed by atoms with Gasteiger partial charge in [0.2, 0.25) is 5.43 Å². The average molecular weight is 439 g/mol. The molecule has 2 atom stereocenters. The van der Waals surface area contributed by atoms with Crippen LogP contribution in [0.5, 0.6) is 5.75 Å². The Balaban J connectivity index is 1.89. The zero-order valence-corrected chi connectivity index (χ0v) is 17.0. The fourth-order valence-electron chi connectivity index (χ4n) is 4.28. The molecule has 7 nitrogen and oxygen atoms in total. The second kappa shape index (κ2) is 8.41. The molecular weight excluding hydrogens is 415 g/mol. The van der Waals surface area contributed by atoms with Crippen LogP contribution in [0.25, 0.3) is 10.9 Å². The summed E-state index contributed by atoms with van der Waals surface area (Å²) in [6, 6.07) is 2.35. The number of alkyl halides is 2. The number of ether oxygens (including phenoxy) is 1. The van der Waals surface area contributed by atoms with Gasteiger partial charge in [0.25, 0.3) is 0 Å². The summed E-state index contributed by atoms with van der Waals surface area (Å²) < 4.78 is 48.9. The first kappa shape index (κ1) is 21.5. The SMILES string of the molecule is COc1cc(F)cc2c(=O)c(C(=O)O)c(N3C[C@H](CNC4CC4)[C@H](F)C3)n(CCF)c12. The smallest absolute Gasteiger partial charge is 0.343 e. The molecule has 31 heavy (non-hydrogen) atoms. The summed E-state index contributed by atoms with van der Waals surface area (Å²) in [5.74, 6) is -2.82. The Labute approximate surface area is 176 Å². The Hall–Kier alpha value is -2.75. The number of rotatable bonds is 8. The molecule has 10 heteroatoms. The van der Waals surface area contributed by atoms with Gasteiger partial charge in [-0.2, -0.15) is 0 Å². The lowest BCUT2D eigenvalue weighted by Crippen LogP contribution is -2.33. The maximum Gasteiger partial charge on any atom is 0.343 e. The van der Waals surface area contributed by atoms with Crippen molar-refractivity contribution in [1.82, 2.24) is 9.88 Å². The second-order valence-electron chi connectivity index (χ2n) is 8.04. The van der Waals surface area contributed by atoms with Crippen molar-refractivity contribution < 1.29 is 27.8 Å². The number of anilines is 1. The summed E-state index contributed by atoms with van der Waals surface area (Å²) in [7, 11) is 1.27. The van der Waals surface area contributed by atoms with E-state index >= 15 is 0 Å². The number of carbonyl (C=O) groups is 1. The van der Waals surface area contributed by atoms with Gasteiger partial charge in [0.15, 0.2) is 0 Å². The molecule has 2 fully saturated rings. The molecule has 2 N–H and O–H groups in total. The minimum absolute atomic E-state index is 0.0262. The zero-order chi connectivity index (χ0) is 22.3. The van der Waals surface area contributed by atoms with E-state index in [-0.39, 0.29) is 42.1 Å². The average Bonchev–Trinajstić information content (AvgIpc) is 3.48. The van der Waals surface area contributed by atoms with Crippen LogP contribution in [-0.2, 0) is 6.54 Å². The summed E-state index contributed by atoms with van der Waals surface area (Å²) in [6.45, 7) is -0.697. The maximum atomic E-state index is 14.8. The van der Waals surface area contributed by atoms with Crippen LogP contribution in [0.4, 0.5) is 19.0 Å². The molecule has 0 bridgehead atoms. The van der Waals surface area contributed by atoms with Gasteiger partial charge in [0.05, 0.1) is 31.1 Å². The topological polar surface area (TPSA) is 83.8 Å². The van der Waals surface area contributed by atoms with E-state index in [1.165, 1.54) is 16.6 Å². The second-order valence-corrected chi connectivity index (χ2v) is 8.04. The van der Waals surface area contributed by atoms with E-state index in [1.54, 1.807) is 0 Å². The molecule has 4 rings (SSSR count). The number of hydrogen-bond donors (Lipinski definition) is 2. The molecule has 1 aromatic carbocycles. The predicted octanol–water partition coefficient (Wildman–Crippen LogP) is 2.34. The molecule has 0 unspecified atom stereocenters. The monoisotopic (exact) mass is 439 g/mol. The van der Waals surface area contributed by atoms with Gasteiger partial charge >= 0.3 is 5.97 Å². The Morgan fingerprint density at radius 2 is 2.06 bits per heavy atom. The zero-order valence-electron chi connectivity index (χ0n) is 17.0. The van der Waals surface area contributed by atoms with Gasteiger partial charge in [-0.1, -0.05) is 0 Å². The number of nitrogens with zero attached hydrogens (tertiary/aromatic N) is 2. The number of halogens is 3. The number of aromatic nitrogens is 1. The van der Waals surface area contributed by atoms with Crippen molar-refractivity contribution in [2.24, 2.45) is 5.92 Å². The number of hydrogen-bond acceptors (Lipinski definition) is 5. The Morgan fingerprint density at radius 1 is 1.32 bits per heavy atom. The quantitative estimate of drug-likeness (QED) is 0.657. The molecule has 2 aliphatic rings. The number of aryl methyl sites for hydroxylation is 1. The molecule has 1 aromatic heterocycles. The van der Waals surface area contributed by atoms with E-state index in [1.807, 2.05) is 0 Å². The van der Waals surface area contributed by atoms with Crippen LogP contribution in [0.1, 0.15) is 23.2 Å². The third-order valence-corrected chi connectivity index (χ3v) is 5.91. The first-order chi connectivity index (χ1) is 14.8. The lowest BCUT2D eigenvalue weighted by Gasteiger charge is -2.27. The van der Waals surface area contributed by atoms with Crippen molar-refractivity contribution >= 4 is 22.7 Å². The number of pyridine rings is 1. The molecule has 0 radical (unpaired) electrons. The summed E-state index contributed by atoms with van der Waals surface area (Å²) in [4.78, 5) is 26.6. The van der Waals surface area contributed by atoms with Crippen LogP contribution in [0.2, 0.25) is 0 Å². The van der Waals surface area contributed by atoms with Crippen LogP contribution < -0.4 is 20.4 Å². The van der Waals surface area contributed by atoms with E-state index in [9.17, 15) is 27.9 Å². The van der Waals surface area contributed by atoms with Gasteiger partial charge in [-0.3, -0.25) is 4.79 Å². The lowest BCUT2D eigenvalue weighted by atomic mass is 10.1. The number of fused-ring (bicyclic) bond motifs is 1. The maximum absolute atomic E-state index is 14.8. The third-order valence-electron chi connectivity index (χ3n) is 5.91. The lowest BCUT2D eigenvalue weighted by molar-refractivity contribution is 0.0695. The van der Waals surface area contributed by atoms with Crippen molar-refractivity contribution in [2.45, 2.75) is 31.6 Å².